The lowest BCUT2D eigenvalue weighted by molar-refractivity contribution is 0.0950. The van der Waals surface area contributed by atoms with Gasteiger partial charge in [0.2, 0.25) is 0 Å². The SMILES string of the molecule is COc1cccc(N)c1C(=O)NCCCN(C)C. The van der Waals surface area contributed by atoms with Gasteiger partial charge in [-0.2, -0.15) is 0 Å². The fraction of sp³-hybridized carbons (Fsp3) is 0.462. The Morgan fingerprint density at radius 1 is 1.44 bits per heavy atom. The summed E-state index contributed by atoms with van der Waals surface area (Å²) in [6.07, 6.45) is 0.897. The number of carbonyl (C=O) groups excluding carboxylic acids is 1. The van der Waals surface area contributed by atoms with Crippen LogP contribution < -0.4 is 15.8 Å². The third-order valence-electron chi connectivity index (χ3n) is 2.57. The van der Waals surface area contributed by atoms with Crippen LogP contribution in [0.3, 0.4) is 0 Å². The van der Waals surface area contributed by atoms with E-state index in [1.807, 2.05) is 14.1 Å². The van der Waals surface area contributed by atoms with E-state index in [2.05, 4.69) is 10.2 Å². The number of nitrogen functional groups attached to an aromatic ring is 1. The number of methoxy groups -OCH3 is 1. The number of amides is 1. The maximum atomic E-state index is 12.0. The molecule has 5 heteroatoms. The van der Waals surface area contributed by atoms with Crippen LogP contribution in [0.4, 0.5) is 5.69 Å². The predicted octanol–water partition coefficient (Wildman–Crippen LogP) is 0.959. The van der Waals surface area contributed by atoms with Gasteiger partial charge in [-0.15, -0.1) is 0 Å². The zero-order valence-corrected chi connectivity index (χ0v) is 11.2. The summed E-state index contributed by atoms with van der Waals surface area (Å²) in [5, 5.41) is 2.84. The summed E-state index contributed by atoms with van der Waals surface area (Å²) in [5.74, 6) is 0.309. The van der Waals surface area contributed by atoms with Crippen molar-refractivity contribution in [1.29, 1.82) is 0 Å². The third kappa shape index (κ3) is 3.92. The van der Waals surface area contributed by atoms with Gasteiger partial charge in [0.05, 0.1) is 7.11 Å². The highest BCUT2D eigenvalue weighted by molar-refractivity contribution is 6.01. The van der Waals surface area contributed by atoms with Crippen molar-refractivity contribution >= 4 is 11.6 Å². The smallest absolute Gasteiger partial charge is 0.257 e. The molecule has 100 valence electrons. The van der Waals surface area contributed by atoms with Crippen molar-refractivity contribution in [2.75, 3.05) is 40.0 Å². The Morgan fingerprint density at radius 2 is 2.17 bits per heavy atom. The van der Waals surface area contributed by atoms with Crippen molar-refractivity contribution in [2.24, 2.45) is 0 Å². The molecule has 0 heterocycles. The maximum absolute atomic E-state index is 12.0. The maximum Gasteiger partial charge on any atom is 0.257 e. The average molecular weight is 251 g/mol. The zero-order valence-electron chi connectivity index (χ0n) is 11.2. The summed E-state index contributed by atoms with van der Waals surface area (Å²) >= 11 is 0. The van der Waals surface area contributed by atoms with E-state index in [1.54, 1.807) is 18.2 Å². The minimum atomic E-state index is -0.191. The van der Waals surface area contributed by atoms with Crippen LogP contribution in [0.2, 0.25) is 0 Å². The largest absolute Gasteiger partial charge is 0.496 e. The van der Waals surface area contributed by atoms with Gasteiger partial charge in [0.25, 0.3) is 5.91 Å². The molecule has 0 atom stereocenters. The van der Waals surface area contributed by atoms with Crippen LogP contribution in [0.5, 0.6) is 5.75 Å². The Bertz CT molecular complexity index is 405. The Kier molecular flexibility index (Phi) is 5.45. The second kappa shape index (κ2) is 6.86. The van der Waals surface area contributed by atoms with Gasteiger partial charge < -0.3 is 20.7 Å². The first-order valence-corrected chi connectivity index (χ1v) is 5.91. The van der Waals surface area contributed by atoms with Gasteiger partial charge in [-0.25, -0.2) is 0 Å². The molecular weight excluding hydrogens is 230 g/mol. The van der Waals surface area contributed by atoms with Crippen molar-refractivity contribution in [3.8, 4) is 5.75 Å². The second-order valence-electron chi connectivity index (χ2n) is 4.34. The van der Waals surface area contributed by atoms with Crippen LogP contribution in [-0.4, -0.2) is 45.1 Å². The van der Waals surface area contributed by atoms with Gasteiger partial charge in [0.15, 0.2) is 0 Å². The number of anilines is 1. The van der Waals surface area contributed by atoms with Gasteiger partial charge in [-0.05, 0) is 39.2 Å². The summed E-state index contributed by atoms with van der Waals surface area (Å²) in [4.78, 5) is 14.1. The van der Waals surface area contributed by atoms with Gasteiger partial charge in [0.1, 0.15) is 11.3 Å². The summed E-state index contributed by atoms with van der Waals surface area (Å²) < 4.78 is 5.14. The molecule has 0 aliphatic rings. The number of hydrogen-bond donors (Lipinski definition) is 2. The molecule has 0 bridgehead atoms. The molecule has 0 unspecified atom stereocenters. The summed E-state index contributed by atoms with van der Waals surface area (Å²) in [5.41, 5.74) is 6.64. The molecule has 0 saturated carbocycles. The van der Waals surface area contributed by atoms with Crippen molar-refractivity contribution in [3.05, 3.63) is 23.8 Å². The minimum Gasteiger partial charge on any atom is -0.496 e. The topological polar surface area (TPSA) is 67.6 Å². The molecule has 0 fully saturated rings. The van der Waals surface area contributed by atoms with Gasteiger partial charge >= 0.3 is 0 Å². The highest BCUT2D eigenvalue weighted by atomic mass is 16.5. The van der Waals surface area contributed by atoms with Crippen LogP contribution in [0.15, 0.2) is 18.2 Å². The van der Waals surface area contributed by atoms with E-state index in [4.69, 9.17) is 10.5 Å². The van der Waals surface area contributed by atoms with E-state index in [0.717, 1.165) is 13.0 Å². The average Bonchev–Trinajstić information content (AvgIpc) is 2.33. The number of carbonyl (C=O) groups is 1. The van der Waals surface area contributed by atoms with E-state index >= 15 is 0 Å². The zero-order chi connectivity index (χ0) is 13.5. The second-order valence-corrected chi connectivity index (χ2v) is 4.34. The standard InChI is InChI=1S/C13H21N3O2/c1-16(2)9-5-8-15-13(17)12-10(14)6-4-7-11(12)18-3/h4,6-7H,5,8-9,14H2,1-3H3,(H,15,17). The molecule has 0 aliphatic carbocycles. The first-order chi connectivity index (χ1) is 8.56. The number of ether oxygens (including phenoxy) is 1. The van der Waals surface area contributed by atoms with Crippen molar-refractivity contribution < 1.29 is 9.53 Å². The van der Waals surface area contributed by atoms with E-state index in [1.165, 1.54) is 7.11 Å². The van der Waals surface area contributed by atoms with Crippen molar-refractivity contribution in [1.82, 2.24) is 10.2 Å². The molecule has 0 saturated heterocycles. The molecule has 5 nitrogen and oxygen atoms in total. The predicted molar refractivity (Wildman–Crippen MR) is 72.9 cm³/mol. The normalized spacial score (nSPS) is 10.4. The summed E-state index contributed by atoms with van der Waals surface area (Å²) in [6.45, 7) is 1.55. The Hall–Kier alpha value is -1.75. The van der Waals surface area contributed by atoms with E-state index in [0.29, 0.717) is 23.5 Å². The first-order valence-electron chi connectivity index (χ1n) is 5.91. The number of rotatable bonds is 6. The van der Waals surface area contributed by atoms with Crippen LogP contribution in [0.1, 0.15) is 16.8 Å². The molecule has 1 aromatic carbocycles. The molecule has 1 aromatic rings. The minimum absolute atomic E-state index is 0.191. The first kappa shape index (κ1) is 14.3. The quantitative estimate of drug-likeness (QED) is 0.583. The number of nitrogens with zero attached hydrogens (tertiary/aromatic N) is 1. The highest BCUT2D eigenvalue weighted by Crippen LogP contribution is 2.23. The van der Waals surface area contributed by atoms with E-state index in [9.17, 15) is 4.79 Å². The van der Waals surface area contributed by atoms with Gasteiger partial charge in [0, 0.05) is 12.2 Å². The van der Waals surface area contributed by atoms with Crippen molar-refractivity contribution in [3.63, 3.8) is 0 Å². The molecule has 0 radical (unpaired) electrons. The summed E-state index contributed by atoms with van der Waals surface area (Å²) in [7, 11) is 5.53. The van der Waals surface area contributed by atoms with Crippen LogP contribution in [0, 0.1) is 0 Å². The van der Waals surface area contributed by atoms with Crippen LogP contribution in [-0.2, 0) is 0 Å². The van der Waals surface area contributed by atoms with Crippen LogP contribution in [0.25, 0.3) is 0 Å². The number of nitrogens with two attached hydrogens (primary N) is 1. The van der Waals surface area contributed by atoms with Crippen LogP contribution >= 0.6 is 0 Å². The fourth-order valence-corrected chi connectivity index (χ4v) is 1.65. The lowest BCUT2D eigenvalue weighted by atomic mass is 10.1. The lowest BCUT2D eigenvalue weighted by Crippen LogP contribution is -2.28. The molecule has 18 heavy (non-hydrogen) atoms. The Morgan fingerprint density at radius 3 is 2.78 bits per heavy atom. The Labute approximate surface area is 108 Å². The molecule has 3 N–H and O–H groups in total. The third-order valence-corrected chi connectivity index (χ3v) is 2.57. The molecule has 1 rings (SSSR count). The molecule has 0 aromatic heterocycles. The Balaban J connectivity index is 2.61. The number of nitrogens with one attached hydrogen (secondary N) is 1. The van der Waals surface area contributed by atoms with E-state index < -0.39 is 0 Å². The van der Waals surface area contributed by atoms with E-state index in [-0.39, 0.29) is 5.91 Å². The number of hydrogen-bond acceptors (Lipinski definition) is 4. The molecule has 0 aliphatic heterocycles. The van der Waals surface area contributed by atoms with Crippen molar-refractivity contribution in [2.45, 2.75) is 6.42 Å². The number of benzene rings is 1. The lowest BCUT2D eigenvalue weighted by Gasteiger charge is -2.12. The summed E-state index contributed by atoms with van der Waals surface area (Å²) in [6, 6.07) is 5.18. The fourth-order valence-electron chi connectivity index (χ4n) is 1.65. The highest BCUT2D eigenvalue weighted by Gasteiger charge is 2.14. The van der Waals surface area contributed by atoms with Gasteiger partial charge in [-0.3, -0.25) is 4.79 Å². The van der Waals surface area contributed by atoms with Gasteiger partial charge in [-0.1, -0.05) is 6.07 Å². The molecule has 0 spiro atoms. The monoisotopic (exact) mass is 251 g/mol. The molecule has 1 amide bonds. The molecular formula is C13H21N3O2.